The quantitative estimate of drug-likeness (QED) is 0.449. The van der Waals surface area contributed by atoms with E-state index in [9.17, 15) is 4.57 Å². The van der Waals surface area contributed by atoms with Crippen molar-refractivity contribution in [1.29, 1.82) is 0 Å². The molecule has 0 aromatic heterocycles. The number of rotatable bonds is 9. The second-order valence-electron chi connectivity index (χ2n) is 3.00. The van der Waals surface area contributed by atoms with Crippen LogP contribution < -0.4 is 0 Å². The third-order valence-electron chi connectivity index (χ3n) is 1.72. The molecule has 5 heteroatoms. The normalized spacial score (nSPS) is 11.9. The lowest BCUT2D eigenvalue weighted by atomic mass is 10.4. The monoisotopic (exact) mass is 240 g/mol. The smallest absolute Gasteiger partial charge is 0.301 e. The van der Waals surface area contributed by atoms with Crippen LogP contribution in [-0.2, 0) is 13.6 Å². The van der Waals surface area contributed by atoms with Gasteiger partial charge in [-0.1, -0.05) is 26.7 Å². The van der Waals surface area contributed by atoms with Crippen LogP contribution in [0.1, 0.15) is 39.5 Å². The van der Waals surface area contributed by atoms with Crippen molar-refractivity contribution in [3.05, 3.63) is 0 Å². The highest BCUT2D eigenvalue weighted by molar-refractivity contribution is 8.54. The molecule has 0 radical (unpaired) electrons. The minimum Gasteiger partial charge on any atom is -0.301 e. The number of hydrogen-bond donors (Lipinski definition) is 0. The first-order chi connectivity index (χ1) is 6.68. The van der Waals surface area contributed by atoms with Crippen molar-refractivity contribution in [2.75, 3.05) is 19.5 Å². The fourth-order valence-corrected chi connectivity index (χ4v) is 2.85. The van der Waals surface area contributed by atoms with E-state index in [1.807, 2.05) is 0 Å². The molecule has 0 saturated heterocycles. The summed E-state index contributed by atoms with van der Waals surface area (Å²) >= 11 is 1.18. The van der Waals surface area contributed by atoms with Gasteiger partial charge in [-0.15, -0.1) is 0 Å². The van der Waals surface area contributed by atoms with Crippen molar-refractivity contribution in [3.8, 4) is 0 Å². The van der Waals surface area contributed by atoms with Gasteiger partial charge >= 0.3 is 6.80 Å². The van der Waals surface area contributed by atoms with E-state index in [0.717, 1.165) is 25.7 Å². The van der Waals surface area contributed by atoms with E-state index in [1.54, 1.807) is 6.26 Å². The molecule has 0 N–H and O–H groups in total. The largest absolute Gasteiger partial charge is 0.388 e. The lowest BCUT2D eigenvalue weighted by Crippen LogP contribution is -1.96. The Morgan fingerprint density at radius 1 is 1.07 bits per heavy atom. The van der Waals surface area contributed by atoms with Crippen LogP contribution in [0.3, 0.4) is 0 Å². The Morgan fingerprint density at radius 2 is 1.50 bits per heavy atom. The van der Waals surface area contributed by atoms with E-state index in [0.29, 0.717) is 13.2 Å². The second-order valence-corrected chi connectivity index (χ2v) is 7.22. The van der Waals surface area contributed by atoms with Gasteiger partial charge < -0.3 is 9.05 Å². The fourth-order valence-electron chi connectivity index (χ4n) is 0.784. The predicted octanol–water partition coefficient (Wildman–Crippen LogP) is 4.09. The van der Waals surface area contributed by atoms with Crippen molar-refractivity contribution in [2.45, 2.75) is 39.5 Å². The van der Waals surface area contributed by atoms with Crippen molar-refractivity contribution in [3.63, 3.8) is 0 Å². The van der Waals surface area contributed by atoms with Gasteiger partial charge in [-0.05, 0) is 30.5 Å². The molecule has 86 valence electrons. The maximum atomic E-state index is 11.9. The van der Waals surface area contributed by atoms with Crippen LogP contribution >= 0.6 is 18.2 Å². The Hall–Kier alpha value is 0.500. The predicted molar refractivity (Wildman–Crippen MR) is 62.8 cm³/mol. The van der Waals surface area contributed by atoms with Gasteiger partial charge in [0.05, 0.1) is 13.2 Å². The third-order valence-corrected chi connectivity index (χ3v) is 5.14. The van der Waals surface area contributed by atoms with Gasteiger partial charge in [0, 0.05) is 0 Å². The summed E-state index contributed by atoms with van der Waals surface area (Å²) in [5.41, 5.74) is 0. The highest BCUT2D eigenvalue weighted by Crippen LogP contribution is 2.59. The molecular weight excluding hydrogens is 219 g/mol. The molecule has 0 aliphatic heterocycles. The molecule has 0 saturated carbocycles. The Labute approximate surface area is 91.2 Å². The zero-order chi connectivity index (χ0) is 10.9. The number of unbranched alkanes of at least 4 members (excludes halogenated alkanes) is 2. The van der Waals surface area contributed by atoms with Crippen LogP contribution in [0.2, 0.25) is 0 Å². The Kier molecular flexibility index (Phi) is 9.09. The van der Waals surface area contributed by atoms with Crippen molar-refractivity contribution in [2.24, 2.45) is 0 Å². The standard InChI is InChI=1S/C9H21O3PS/c1-4-6-8-11-13(10,14-3)12-9-7-5-2/h4-9H2,1-3H3. The number of hydrogen-bond acceptors (Lipinski definition) is 4. The van der Waals surface area contributed by atoms with Gasteiger partial charge in [-0.2, -0.15) is 0 Å². The molecule has 0 fully saturated rings. The van der Waals surface area contributed by atoms with Crippen molar-refractivity contribution >= 4 is 18.2 Å². The zero-order valence-electron chi connectivity index (χ0n) is 9.32. The highest BCUT2D eigenvalue weighted by atomic mass is 32.7. The van der Waals surface area contributed by atoms with E-state index >= 15 is 0 Å². The molecule has 0 rings (SSSR count). The van der Waals surface area contributed by atoms with Gasteiger partial charge in [-0.3, -0.25) is 0 Å². The molecule has 0 heterocycles. The summed E-state index contributed by atoms with van der Waals surface area (Å²) in [7, 11) is 0. The molecular formula is C9H21O3PS. The topological polar surface area (TPSA) is 35.5 Å². The molecule has 0 bridgehead atoms. The van der Waals surface area contributed by atoms with Crippen LogP contribution in [-0.4, -0.2) is 19.5 Å². The average molecular weight is 240 g/mol. The van der Waals surface area contributed by atoms with E-state index < -0.39 is 6.80 Å². The lowest BCUT2D eigenvalue weighted by molar-refractivity contribution is 0.215. The van der Waals surface area contributed by atoms with Crippen LogP contribution in [0.15, 0.2) is 0 Å². The SMILES string of the molecule is CCCCOP(=O)(OCCCC)SC. The Morgan fingerprint density at radius 3 is 1.79 bits per heavy atom. The third kappa shape index (κ3) is 6.88. The van der Waals surface area contributed by atoms with Crippen LogP contribution in [0.25, 0.3) is 0 Å². The zero-order valence-corrected chi connectivity index (χ0v) is 11.0. The fraction of sp³-hybridized carbons (Fsp3) is 1.00. The summed E-state index contributed by atoms with van der Waals surface area (Å²) in [6.45, 7) is 2.36. The minimum absolute atomic E-state index is 0.529. The first kappa shape index (κ1) is 14.5. The molecule has 14 heavy (non-hydrogen) atoms. The van der Waals surface area contributed by atoms with Gasteiger partial charge in [0.1, 0.15) is 0 Å². The second kappa shape index (κ2) is 8.78. The first-order valence-corrected chi connectivity index (χ1v) is 8.50. The van der Waals surface area contributed by atoms with Crippen molar-refractivity contribution < 1.29 is 13.6 Å². The Balaban J connectivity index is 3.74. The van der Waals surface area contributed by atoms with E-state index in [4.69, 9.17) is 9.05 Å². The molecule has 0 aliphatic rings. The molecule has 0 aliphatic carbocycles. The van der Waals surface area contributed by atoms with Crippen LogP contribution in [0.4, 0.5) is 0 Å². The molecule has 0 unspecified atom stereocenters. The van der Waals surface area contributed by atoms with Gasteiger partial charge in [0.15, 0.2) is 0 Å². The van der Waals surface area contributed by atoms with E-state index in [1.165, 1.54) is 11.4 Å². The van der Waals surface area contributed by atoms with Crippen LogP contribution in [0, 0.1) is 0 Å². The summed E-state index contributed by atoms with van der Waals surface area (Å²) in [5.74, 6) is 0. The van der Waals surface area contributed by atoms with Gasteiger partial charge in [0.25, 0.3) is 0 Å². The average Bonchev–Trinajstić information content (AvgIpc) is 2.19. The maximum absolute atomic E-state index is 11.9. The van der Waals surface area contributed by atoms with Gasteiger partial charge in [0.2, 0.25) is 0 Å². The molecule has 0 amide bonds. The Bertz CT molecular complexity index is 161. The summed E-state index contributed by atoms with van der Waals surface area (Å²) in [6.07, 6.45) is 5.72. The summed E-state index contributed by atoms with van der Waals surface area (Å²) in [4.78, 5) is 0. The maximum Gasteiger partial charge on any atom is 0.388 e. The molecule has 0 spiro atoms. The molecule has 0 aromatic rings. The lowest BCUT2D eigenvalue weighted by Gasteiger charge is -2.15. The van der Waals surface area contributed by atoms with Crippen molar-refractivity contribution in [1.82, 2.24) is 0 Å². The summed E-state index contributed by atoms with van der Waals surface area (Å²) < 4.78 is 22.4. The summed E-state index contributed by atoms with van der Waals surface area (Å²) in [5, 5.41) is 0. The van der Waals surface area contributed by atoms with E-state index in [2.05, 4.69) is 13.8 Å². The van der Waals surface area contributed by atoms with Crippen LogP contribution in [0.5, 0.6) is 0 Å². The molecule has 0 aromatic carbocycles. The highest BCUT2D eigenvalue weighted by Gasteiger charge is 2.22. The van der Waals surface area contributed by atoms with Gasteiger partial charge in [-0.25, -0.2) is 4.57 Å². The minimum atomic E-state index is -2.84. The molecule has 3 nitrogen and oxygen atoms in total. The van der Waals surface area contributed by atoms with E-state index in [-0.39, 0.29) is 0 Å². The summed E-state index contributed by atoms with van der Waals surface area (Å²) in [6, 6.07) is 0. The first-order valence-electron chi connectivity index (χ1n) is 5.13. The molecule has 0 atom stereocenters.